The summed E-state index contributed by atoms with van der Waals surface area (Å²) in [6.45, 7) is 11.0. The lowest BCUT2D eigenvalue weighted by Crippen LogP contribution is -2.43. The molecule has 1 N–H and O–H groups in total. The van der Waals surface area contributed by atoms with Crippen LogP contribution in [0.4, 0.5) is 5.69 Å². The van der Waals surface area contributed by atoms with E-state index in [9.17, 15) is 0 Å². The highest BCUT2D eigenvalue weighted by Gasteiger charge is 2.14. The number of aryl methyl sites for hydroxylation is 1. The number of rotatable bonds is 7. The van der Waals surface area contributed by atoms with Crippen LogP contribution in [0.15, 0.2) is 24.3 Å². The number of anilines is 1. The Balaban J connectivity index is 2.64. The molecule has 0 saturated carbocycles. The second kappa shape index (κ2) is 7.42. The molecule has 0 radical (unpaired) electrons. The van der Waals surface area contributed by atoms with Gasteiger partial charge in [-0.15, -0.1) is 0 Å². The highest BCUT2D eigenvalue weighted by Crippen LogP contribution is 2.15. The number of nitrogens with zero attached hydrogens (tertiary/aromatic N) is 1. The first kappa shape index (κ1) is 15.0. The Morgan fingerprint density at radius 2 is 1.72 bits per heavy atom. The number of nitrogens with one attached hydrogen (secondary N) is 1. The molecule has 2 nitrogen and oxygen atoms in total. The largest absolute Gasteiger partial charge is 0.373 e. The minimum atomic E-state index is 0.547. The smallest absolute Gasteiger partial charge is 0.0364 e. The zero-order valence-electron chi connectivity index (χ0n) is 12.5. The van der Waals surface area contributed by atoms with E-state index in [4.69, 9.17) is 0 Å². The van der Waals surface area contributed by atoms with Gasteiger partial charge < -0.3 is 10.2 Å². The zero-order chi connectivity index (χ0) is 13.5. The standard InChI is InChI=1S/C16H28N2/c1-6-14-8-10-15(11-9-14)18(5)12-16(13(3)4)17-7-2/h8-11,13,16-17H,6-7,12H2,1-5H3. The second-order valence-electron chi connectivity index (χ2n) is 5.31. The molecule has 18 heavy (non-hydrogen) atoms. The van der Waals surface area contributed by atoms with Crippen molar-refractivity contribution >= 4 is 5.69 Å². The van der Waals surface area contributed by atoms with Crippen LogP contribution in [0.25, 0.3) is 0 Å². The summed E-state index contributed by atoms with van der Waals surface area (Å²) in [6, 6.07) is 9.45. The normalized spacial score (nSPS) is 12.8. The van der Waals surface area contributed by atoms with Crippen LogP contribution in [0.1, 0.15) is 33.3 Å². The van der Waals surface area contributed by atoms with E-state index in [0.717, 1.165) is 19.5 Å². The number of hydrogen-bond acceptors (Lipinski definition) is 2. The van der Waals surface area contributed by atoms with E-state index in [-0.39, 0.29) is 0 Å². The van der Waals surface area contributed by atoms with Crippen molar-refractivity contribution in [3.8, 4) is 0 Å². The minimum Gasteiger partial charge on any atom is -0.373 e. The quantitative estimate of drug-likeness (QED) is 0.796. The molecule has 0 saturated heterocycles. The molecule has 102 valence electrons. The first-order valence-corrected chi connectivity index (χ1v) is 7.11. The molecular formula is C16H28N2. The fourth-order valence-corrected chi connectivity index (χ4v) is 2.16. The van der Waals surface area contributed by atoms with Crippen LogP contribution in [-0.4, -0.2) is 26.2 Å². The van der Waals surface area contributed by atoms with E-state index in [2.05, 4.69) is 69.2 Å². The topological polar surface area (TPSA) is 15.3 Å². The van der Waals surface area contributed by atoms with Crippen molar-refractivity contribution in [3.63, 3.8) is 0 Å². The Bertz CT molecular complexity index is 329. The first-order chi connectivity index (χ1) is 8.58. The van der Waals surface area contributed by atoms with Crippen LogP contribution in [0.2, 0.25) is 0 Å². The molecule has 2 heteroatoms. The number of likely N-dealkylation sites (N-methyl/N-ethyl adjacent to an activating group) is 2. The van der Waals surface area contributed by atoms with Crippen molar-refractivity contribution in [3.05, 3.63) is 29.8 Å². The Morgan fingerprint density at radius 1 is 1.11 bits per heavy atom. The average Bonchev–Trinajstić information content (AvgIpc) is 2.38. The SMILES string of the molecule is CCNC(CN(C)c1ccc(CC)cc1)C(C)C. The molecule has 0 aliphatic heterocycles. The third kappa shape index (κ3) is 4.34. The van der Waals surface area contributed by atoms with E-state index in [1.165, 1.54) is 11.3 Å². The molecule has 0 spiro atoms. The van der Waals surface area contributed by atoms with Crippen LogP contribution in [-0.2, 0) is 6.42 Å². The molecule has 0 fully saturated rings. The van der Waals surface area contributed by atoms with Gasteiger partial charge in [-0.25, -0.2) is 0 Å². The maximum absolute atomic E-state index is 3.56. The van der Waals surface area contributed by atoms with Crippen molar-refractivity contribution < 1.29 is 0 Å². The van der Waals surface area contributed by atoms with Gasteiger partial charge >= 0.3 is 0 Å². The van der Waals surface area contributed by atoms with E-state index in [0.29, 0.717) is 12.0 Å². The van der Waals surface area contributed by atoms with E-state index in [1.807, 2.05) is 0 Å². The predicted octanol–water partition coefficient (Wildman–Crippen LogP) is 3.32. The van der Waals surface area contributed by atoms with Gasteiger partial charge in [0.2, 0.25) is 0 Å². The summed E-state index contributed by atoms with van der Waals surface area (Å²) in [6.07, 6.45) is 1.11. The van der Waals surface area contributed by atoms with Gasteiger partial charge in [0.15, 0.2) is 0 Å². The summed E-state index contributed by atoms with van der Waals surface area (Å²) < 4.78 is 0. The van der Waals surface area contributed by atoms with Gasteiger partial charge in [0.25, 0.3) is 0 Å². The maximum Gasteiger partial charge on any atom is 0.0364 e. The lowest BCUT2D eigenvalue weighted by Gasteiger charge is -2.29. The summed E-state index contributed by atoms with van der Waals surface area (Å²) in [4.78, 5) is 2.34. The molecule has 0 aliphatic rings. The lowest BCUT2D eigenvalue weighted by molar-refractivity contribution is 0.410. The van der Waals surface area contributed by atoms with Gasteiger partial charge in [0, 0.05) is 25.3 Å². The summed E-state index contributed by atoms with van der Waals surface area (Å²) in [5, 5.41) is 3.56. The molecule has 1 rings (SSSR count). The number of hydrogen-bond donors (Lipinski definition) is 1. The first-order valence-electron chi connectivity index (χ1n) is 7.11. The lowest BCUT2D eigenvalue weighted by atomic mass is 10.0. The van der Waals surface area contributed by atoms with Crippen molar-refractivity contribution in [1.29, 1.82) is 0 Å². The average molecular weight is 248 g/mol. The summed E-state index contributed by atoms with van der Waals surface area (Å²) in [5.41, 5.74) is 2.70. The van der Waals surface area contributed by atoms with Crippen molar-refractivity contribution in [2.75, 3.05) is 25.0 Å². The summed E-state index contributed by atoms with van der Waals surface area (Å²) in [7, 11) is 2.17. The van der Waals surface area contributed by atoms with Crippen LogP contribution in [0.5, 0.6) is 0 Å². The fourth-order valence-electron chi connectivity index (χ4n) is 2.16. The fraction of sp³-hybridized carbons (Fsp3) is 0.625. The Hall–Kier alpha value is -1.02. The monoisotopic (exact) mass is 248 g/mol. The van der Waals surface area contributed by atoms with Crippen LogP contribution < -0.4 is 10.2 Å². The van der Waals surface area contributed by atoms with Gasteiger partial charge in [0.05, 0.1) is 0 Å². The molecule has 0 bridgehead atoms. The van der Waals surface area contributed by atoms with Gasteiger partial charge in [-0.3, -0.25) is 0 Å². The van der Waals surface area contributed by atoms with E-state index < -0.39 is 0 Å². The molecule has 0 aromatic heterocycles. The van der Waals surface area contributed by atoms with Crippen LogP contribution >= 0.6 is 0 Å². The van der Waals surface area contributed by atoms with Gasteiger partial charge in [-0.2, -0.15) is 0 Å². The molecule has 0 aliphatic carbocycles. The molecule has 1 atom stereocenters. The maximum atomic E-state index is 3.56. The molecule has 1 unspecified atom stereocenters. The third-order valence-electron chi connectivity index (χ3n) is 3.53. The van der Waals surface area contributed by atoms with Crippen LogP contribution in [0.3, 0.4) is 0 Å². The highest BCUT2D eigenvalue weighted by atomic mass is 15.1. The third-order valence-corrected chi connectivity index (χ3v) is 3.53. The van der Waals surface area contributed by atoms with Crippen molar-refractivity contribution in [2.24, 2.45) is 5.92 Å². The number of benzene rings is 1. The molecule has 1 aromatic carbocycles. The summed E-state index contributed by atoms with van der Waals surface area (Å²) in [5.74, 6) is 0.655. The highest BCUT2D eigenvalue weighted by molar-refractivity contribution is 5.47. The van der Waals surface area contributed by atoms with Crippen molar-refractivity contribution in [2.45, 2.75) is 40.2 Å². The van der Waals surface area contributed by atoms with Gasteiger partial charge in [-0.1, -0.05) is 39.8 Å². The second-order valence-corrected chi connectivity index (χ2v) is 5.31. The molecular weight excluding hydrogens is 220 g/mol. The predicted molar refractivity (Wildman–Crippen MR) is 81.4 cm³/mol. The van der Waals surface area contributed by atoms with Crippen molar-refractivity contribution in [1.82, 2.24) is 5.32 Å². The van der Waals surface area contributed by atoms with Gasteiger partial charge in [0.1, 0.15) is 0 Å². The summed E-state index contributed by atoms with van der Waals surface area (Å²) >= 11 is 0. The molecule has 0 amide bonds. The Kier molecular flexibility index (Phi) is 6.20. The Morgan fingerprint density at radius 3 is 2.17 bits per heavy atom. The Labute approximate surface area is 112 Å². The van der Waals surface area contributed by atoms with Crippen LogP contribution in [0, 0.1) is 5.92 Å². The minimum absolute atomic E-state index is 0.547. The molecule has 1 aromatic rings. The van der Waals surface area contributed by atoms with Gasteiger partial charge in [-0.05, 0) is 36.6 Å². The molecule has 0 heterocycles. The van der Waals surface area contributed by atoms with E-state index >= 15 is 0 Å². The zero-order valence-corrected chi connectivity index (χ0v) is 12.5. The van der Waals surface area contributed by atoms with E-state index in [1.54, 1.807) is 0 Å².